The lowest BCUT2D eigenvalue weighted by Crippen LogP contribution is -2.34. The van der Waals surface area contributed by atoms with Crippen molar-refractivity contribution in [1.82, 2.24) is 0 Å². The summed E-state index contributed by atoms with van der Waals surface area (Å²) in [6.07, 6.45) is 2.98. The third-order valence-corrected chi connectivity index (χ3v) is 5.70. The minimum absolute atomic E-state index is 0.159. The first kappa shape index (κ1) is 17.8. The highest BCUT2D eigenvalue weighted by atomic mass is 35.5. The van der Waals surface area contributed by atoms with Crippen LogP contribution in [0.3, 0.4) is 0 Å². The van der Waals surface area contributed by atoms with Crippen LogP contribution in [0.4, 0.5) is 11.4 Å². The van der Waals surface area contributed by atoms with Crippen LogP contribution in [0.25, 0.3) is 0 Å². The van der Waals surface area contributed by atoms with E-state index in [9.17, 15) is 13.2 Å². The number of amides is 1. The van der Waals surface area contributed by atoms with Gasteiger partial charge in [-0.1, -0.05) is 35.9 Å². The van der Waals surface area contributed by atoms with Crippen molar-refractivity contribution in [2.45, 2.75) is 19.3 Å². The molecule has 25 heavy (non-hydrogen) atoms. The third-order valence-electron chi connectivity index (χ3n) is 4.15. The van der Waals surface area contributed by atoms with Crippen molar-refractivity contribution < 1.29 is 13.2 Å². The van der Waals surface area contributed by atoms with Gasteiger partial charge in [0.15, 0.2) is 0 Å². The number of anilines is 2. The monoisotopic (exact) mass is 378 g/mol. The highest BCUT2D eigenvalue weighted by Gasteiger charge is 2.24. The second kappa shape index (κ2) is 7.06. The standard InChI is InChI=1S/C18H19ClN2O3S/c1-25(23,24)21-10-4-6-13-8-9-15(12-17(13)21)20-18(22)11-14-5-2-3-7-16(14)19/h2-3,5,7-9,12H,4,6,10-11H2,1H3,(H,20,22). The number of nitrogens with zero attached hydrogens (tertiary/aromatic N) is 1. The molecule has 1 N–H and O–H groups in total. The smallest absolute Gasteiger partial charge is 0.232 e. The van der Waals surface area contributed by atoms with Crippen molar-refractivity contribution in [2.24, 2.45) is 0 Å². The number of aryl methyl sites for hydroxylation is 1. The van der Waals surface area contributed by atoms with E-state index in [0.29, 0.717) is 22.9 Å². The number of benzene rings is 2. The van der Waals surface area contributed by atoms with E-state index in [2.05, 4.69) is 5.32 Å². The summed E-state index contributed by atoms with van der Waals surface area (Å²) in [7, 11) is -3.34. The number of hydrogen-bond donors (Lipinski definition) is 1. The molecule has 0 bridgehead atoms. The predicted octanol–water partition coefficient (Wildman–Crippen LogP) is 3.23. The average Bonchev–Trinajstić information content (AvgIpc) is 2.55. The molecule has 5 nitrogen and oxygen atoms in total. The summed E-state index contributed by atoms with van der Waals surface area (Å²) < 4.78 is 25.4. The van der Waals surface area contributed by atoms with Crippen molar-refractivity contribution >= 4 is 38.9 Å². The maximum atomic E-state index is 12.3. The molecule has 0 saturated carbocycles. The van der Waals surface area contributed by atoms with E-state index in [1.165, 1.54) is 10.6 Å². The summed E-state index contributed by atoms with van der Waals surface area (Å²) in [5, 5.41) is 3.37. The van der Waals surface area contributed by atoms with Crippen molar-refractivity contribution in [3.63, 3.8) is 0 Å². The fourth-order valence-electron chi connectivity index (χ4n) is 2.98. The molecule has 1 heterocycles. The van der Waals surface area contributed by atoms with Crippen LogP contribution in [0.2, 0.25) is 5.02 Å². The molecule has 2 aromatic rings. The molecule has 0 aromatic heterocycles. The Balaban J connectivity index is 1.80. The van der Waals surface area contributed by atoms with Gasteiger partial charge in [0.25, 0.3) is 0 Å². The van der Waals surface area contributed by atoms with E-state index in [4.69, 9.17) is 11.6 Å². The van der Waals surface area contributed by atoms with Gasteiger partial charge >= 0.3 is 0 Å². The predicted molar refractivity (Wildman–Crippen MR) is 101 cm³/mol. The second-order valence-electron chi connectivity index (χ2n) is 6.10. The molecule has 0 spiro atoms. The summed E-state index contributed by atoms with van der Waals surface area (Å²) in [5.74, 6) is -0.199. The minimum Gasteiger partial charge on any atom is -0.326 e. The first-order valence-corrected chi connectivity index (χ1v) is 10.2. The van der Waals surface area contributed by atoms with Crippen LogP contribution in [-0.4, -0.2) is 27.1 Å². The Morgan fingerprint density at radius 3 is 2.72 bits per heavy atom. The first-order chi connectivity index (χ1) is 11.8. The Hall–Kier alpha value is -2.05. The zero-order chi connectivity index (χ0) is 18.0. The van der Waals surface area contributed by atoms with E-state index in [1.54, 1.807) is 24.3 Å². The number of carbonyl (C=O) groups excluding carboxylic acids is 1. The maximum Gasteiger partial charge on any atom is 0.232 e. The Morgan fingerprint density at radius 2 is 2.00 bits per heavy atom. The second-order valence-corrected chi connectivity index (χ2v) is 8.41. The number of hydrogen-bond acceptors (Lipinski definition) is 3. The summed E-state index contributed by atoms with van der Waals surface area (Å²) >= 11 is 6.08. The van der Waals surface area contributed by atoms with Crippen LogP contribution in [0.5, 0.6) is 0 Å². The molecule has 1 amide bonds. The number of halogens is 1. The summed E-state index contributed by atoms with van der Waals surface area (Å²) in [4.78, 5) is 12.3. The van der Waals surface area contributed by atoms with Gasteiger partial charge in [-0.3, -0.25) is 9.10 Å². The van der Waals surface area contributed by atoms with Crippen LogP contribution >= 0.6 is 11.6 Å². The van der Waals surface area contributed by atoms with Crippen LogP contribution in [0.15, 0.2) is 42.5 Å². The summed E-state index contributed by atoms with van der Waals surface area (Å²) in [6, 6.07) is 12.6. The average molecular weight is 379 g/mol. The van der Waals surface area contributed by atoms with Gasteiger partial charge in [-0.05, 0) is 42.2 Å². The largest absolute Gasteiger partial charge is 0.326 e. The van der Waals surface area contributed by atoms with Crippen molar-refractivity contribution in [3.8, 4) is 0 Å². The van der Waals surface area contributed by atoms with Crippen LogP contribution in [0.1, 0.15) is 17.5 Å². The van der Waals surface area contributed by atoms with Gasteiger partial charge in [-0.25, -0.2) is 8.42 Å². The zero-order valence-corrected chi connectivity index (χ0v) is 15.4. The molecule has 3 rings (SSSR count). The van der Waals surface area contributed by atoms with Gasteiger partial charge < -0.3 is 5.32 Å². The van der Waals surface area contributed by atoms with Gasteiger partial charge in [0.05, 0.1) is 18.4 Å². The van der Waals surface area contributed by atoms with Gasteiger partial charge in [0.2, 0.25) is 15.9 Å². The minimum atomic E-state index is -3.34. The molecule has 0 fully saturated rings. The van der Waals surface area contributed by atoms with E-state index in [-0.39, 0.29) is 12.3 Å². The van der Waals surface area contributed by atoms with Crippen LogP contribution in [-0.2, 0) is 27.7 Å². The van der Waals surface area contributed by atoms with E-state index in [1.807, 2.05) is 18.2 Å². The fourth-order valence-corrected chi connectivity index (χ4v) is 4.17. The molecule has 0 radical (unpaired) electrons. The topological polar surface area (TPSA) is 66.5 Å². The zero-order valence-electron chi connectivity index (χ0n) is 13.8. The van der Waals surface area contributed by atoms with E-state index < -0.39 is 10.0 Å². The highest BCUT2D eigenvalue weighted by Crippen LogP contribution is 2.31. The van der Waals surface area contributed by atoms with Crippen molar-refractivity contribution in [1.29, 1.82) is 0 Å². The van der Waals surface area contributed by atoms with Crippen LogP contribution in [0, 0.1) is 0 Å². The van der Waals surface area contributed by atoms with Crippen LogP contribution < -0.4 is 9.62 Å². The Bertz CT molecular complexity index is 912. The van der Waals surface area contributed by atoms with Gasteiger partial charge in [-0.15, -0.1) is 0 Å². The van der Waals surface area contributed by atoms with Gasteiger partial charge in [-0.2, -0.15) is 0 Å². The van der Waals surface area contributed by atoms with E-state index >= 15 is 0 Å². The number of fused-ring (bicyclic) bond motifs is 1. The molecule has 0 saturated heterocycles. The SMILES string of the molecule is CS(=O)(=O)N1CCCc2ccc(NC(=O)Cc3ccccc3Cl)cc21. The summed E-state index contributed by atoms with van der Waals surface area (Å²) in [6.45, 7) is 0.461. The van der Waals surface area contributed by atoms with Crippen molar-refractivity contribution in [2.75, 3.05) is 22.4 Å². The molecule has 7 heteroatoms. The molecule has 1 aliphatic rings. The fraction of sp³-hybridized carbons (Fsp3) is 0.278. The molecular weight excluding hydrogens is 360 g/mol. The maximum absolute atomic E-state index is 12.3. The molecule has 0 aliphatic carbocycles. The number of nitrogens with one attached hydrogen (secondary N) is 1. The lowest BCUT2D eigenvalue weighted by molar-refractivity contribution is -0.115. The molecule has 2 aromatic carbocycles. The van der Waals surface area contributed by atoms with Gasteiger partial charge in [0, 0.05) is 17.3 Å². The van der Waals surface area contributed by atoms with Gasteiger partial charge in [0.1, 0.15) is 0 Å². The summed E-state index contributed by atoms with van der Waals surface area (Å²) in [5.41, 5.74) is 2.94. The quantitative estimate of drug-likeness (QED) is 0.888. The highest BCUT2D eigenvalue weighted by molar-refractivity contribution is 7.92. The molecule has 0 unspecified atom stereocenters. The number of rotatable bonds is 4. The first-order valence-electron chi connectivity index (χ1n) is 7.98. The number of sulfonamides is 1. The lowest BCUT2D eigenvalue weighted by Gasteiger charge is -2.29. The number of carbonyl (C=O) groups is 1. The molecule has 1 aliphatic heterocycles. The third kappa shape index (κ3) is 4.14. The Labute approximate surface area is 152 Å². The van der Waals surface area contributed by atoms with Crippen molar-refractivity contribution in [3.05, 3.63) is 58.6 Å². The van der Waals surface area contributed by atoms with E-state index in [0.717, 1.165) is 24.0 Å². The Kier molecular flexibility index (Phi) is 5.01. The lowest BCUT2D eigenvalue weighted by atomic mass is 10.0. The molecular formula is C18H19ClN2O3S. The molecule has 0 atom stereocenters. The normalized spacial score (nSPS) is 14.1. The Morgan fingerprint density at radius 1 is 1.24 bits per heavy atom. The molecule has 132 valence electrons.